The lowest BCUT2D eigenvalue weighted by molar-refractivity contribution is -0.150. The Kier molecular flexibility index (Phi) is 2.20. The monoisotopic (exact) mass is 150 g/mol. The highest BCUT2D eigenvalue weighted by atomic mass is 35.5. The highest BCUT2D eigenvalue weighted by molar-refractivity contribution is 6.66. The Morgan fingerprint density at radius 3 is 1.78 bits per heavy atom. The molecule has 0 radical (unpaired) electrons. The number of hydrogen-bond acceptors (Lipinski definition) is 2. The first kappa shape index (κ1) is 8.43. The van der Waals surface area contributed by atoms with Gasteiger partial charge >= 0.3 is 5.97 Å². The third-order valence-corrected chi connectivity index (χ3v) is 1.50. The van der Waals surface area contributed by atoms with Crippen molar-refractivity contribution in [2.75, 3.05) is 0 Å². The number of carbonyl (C=O) groups is 2. The van der Waals surface area contributed by atoms with Crippen LogP contribution in [-0.4, -0.2) is 16.3 Å². The van der Waals surface area contributed by atoms with Crippen molar-refractivity contribution in [1.29, 1.82) is 0 Å². The normalized spacial score (nSPS) is 11.0. The van der Waals surface area contributed by atoms with Gasteiger partial charge < -0.3 is 5.11 Å². The Morgan fingerprint density at radius 1 is 1.44 bits per heavy atom. The average Bonchev–Trinajstić information content (AvgIpc) is 1.65. The lowest BCUT2D eigenvalue weighted by Gasteiger charge is -2.11. The van der Waals surface area contributed by atoms with Gasteiger partial charge in [0.05, 0.1) is 0 Å². The standard InChI is InChI=1S/C5H7ClO3/c1-5(2,3(6)7)4(8)9/h1-2H3,(H,8,9). The molecule has 0 atom stereocenters. The van der Waals surface area contributed by atoms with Crippen LogP contribution in [-0.2, 0) is 9.59 Å². The molecule has 0 rings (SSSR count). The van der Waals surface area contributed by atoms with E-state index in [0.717, 1.165) is 0 Å². The minimum absolute atomic E-state index is 0.852. The molecule has 0 aromatic rings. The first-order chi connectivity index (χ1) is 3.89. The Balaban J connectivity index is 4.38. The third-order valence-electron chi connectivity index (χ3n) is 1.03. The predicted molar refractivity (Wildman–Crippen MR) is 32.3 cm³/mol. The van der Waals surface area contributed by atoms with Gasteiger partial charge in [-0.25, -0.2) is 0 Å². The number of aliphatic carboxylic acids is 1. The van der Waals surface area contributed by atoms with Crippen LogP contribution in [0.2, 0.25) is 0 Å². The number of rotatable bonds is 2. The molecule has 0 aliphatic rings. The predicted octanol–water partition coefficient (Wildman–Crippen LogP) is 0.863. The number of carboxylic acids is 1. The molecule has 4 heteroatoms. The van der Waals surface area contributed by atoms with Crippen molar-refractivity contribution >= 4 is 22.8 Å². The molecule has 0 saturated carbocycles. The van der Waals surface area contributed by atoms with Gasteiger partial charge in [0.2, 0.25) is 5.24 Å². The molecule has 0 heterocycles. The topological polar surface area (TPSA) is 54.4 Å². The van der Waals surface area contributed by atoms with E-state index in [-0.39, 0.29) is 0 Å². The van der Waals surface area contributed by atoms with Crippen LogP contribution in [0.3, 0.4) is 0 Å². The molecule has 0 fully saturated rings. The van der Waals surface area contributed by atoms with Crippen LogP contribution < -0.4 is 0 Å². The highest BCUT2D eigenvalue weighted by Crippen LogP contribution is 2.18. The second-order valence-corrected chi connectivity index (χ2v) is 2.55. The minimum atomic E-state index is -1.46. The summed E-state index contributed by atoms with van der Waals surface area (Å²) in [6, 6.07) is 0. The van der Waals surface area contributed by atoms with Gasteiger partial charge in [-0.05, 0) is 25.4 Å². The summed E-state index contributed by atoms with van der Waals surface area (Å²) in [6.07, 6.45) is 0. The lowest BCUT2D eigenvalue weighted by Crippen LogP contribution is -2.29. The minimum Gasteiger partial charge on any atom is -0.480 e. The van der Waals surface area contributed by atoms with Gasteiger partial charge in [-0.3, -0.25) is 9.59 Å². The first-order valence-electron chi connectivity index (χ1n) is 2.32. The molecular weight excluding hydrogens is 144 g/mol. The van der Waals surface area contributed by atoms with Gasteiger partial charge in [-0.1, -0.05) is 0 Å². The van der Waals surface area contributed by atoms with Crippen LogP contribution in [0.5, 0.6) is 0 Å². The summed E-state index contributed by atoms with van der Waals surface area (Å²) in [6.45, 7) is 2.51. The van der Waals surface area contributed by atoms with E-state index in [1.807, 2.05) is 0 Å². The summed E-state index contributed by atoms with van der Waals surface area (Å²) < 4.78 is 0. The molecule has 0 amide bonds. The van der Waals surface area contributed by atoms with Crippen LogP contribution in [0.25, 0.3) is 0 Å². The number of carbonyl (C=O) groups excluding carboxylic acids is 1. The molecule has 0 aromatic heterocycles. The van der Waals surface area contributed by atoms with E-state index < -0.39 is 16.6 Å². The quantitative estimate of drug-likeness (QED) is 0.469. The van der Waals surface area contributed by atoms with Crippen molar-refractivity contribution in [2.24, 2.45) is 5.41 Å². The van der Waals surface area contributed by atoms with Crippen molar-refractivity contribution in [3.63, 3.8) is 0 Å². The number of halogens is 1. The van der Waals surface area contributed by atoms with Gasteiger partial charge in [0, 0.05) is 0 Å². The number of hydrogen-bond donors (Lipinski definition) is 1. The van der Waals surface area contributed by atoms with Gasteiger partial charge in [-0.2, -0.15) is 0 Å². The maximum Gasteiger partial charge on any atom is 0.317 e. The largest absolute Gasteiger partial charge is 0.480 e. The molecule has 0 aliphatic heterocycles. The Labute approximate surface area is 57.6 Å². The van der Waals surface area contributed by atoms with E-state index in [9.17, 15) is 9.59 Å². The maximum absolute atomic E-state index is 10.3. The average molecular weight is 151 g/mol. The van der Waals surface area contributed by atoms with Crippen molar-refractivity contribution < 1.29 is 14.7 Å². The highest BCUT2D eigenvalue weighted by Gasteiger charge is 2.34. The molecule has 0 unspecified atom stereocenters. The zero-order chi connectivity index (χ0) is 7.65. The van der Waals surface area contributed by atoms with Gasteiger partial charge in [0.1, 0.15) is 5.41 Å². The van der Waals surface area contributed by atoms with Crippen LogP contribution in [0.1, 0.15) is 13.8 Å². The van der Waals surface area contributed by atoms with E-state index in [1.54, 1.807) is 0 Å². The van der Waals surface area contributed by atoms with E-state index in [2.05, 4.69) is 0 Å². The lowest BCUT2D eigenvalue weighted by atomic mass is 9.96. The van der Waals surface area contributed by atoms with E-state index in [1.165, 1.54) is 13.8 Å². The summed E-state index contributed by atoms with van der Waals surface area (Å²) in [5.41, 5.74) is -1.46. The molecule has 0 spiro atoms. The fourth-order valence-corrected chi connectivity index (χ4v) is 0.165. The zero-order valence-electron chi connectivity index (χ0n) is 5.14. The first-order valence-corrected chi connectivity index (χ1v) is 2.70. The maximum atomic E-state index is 10.3. The third kappa shape index (κ3) is 1.68. The Hall–Kier alpha value is -0.570. The molecule has 3 nitrogen and oxygen atoms in total. The zero-order valence-corrected chi connectivity index (χ0v) is 5.90. The summed E-state index contributed by atoms with van der Waals surface area (Å²) in [5.74, 6) is -1.21. The van der Waals surface area contributed by atoms with Crippen LogP contribution >= 0.6 is 11.6 Å². The van der Waals surface area contributed by atoms with Crippen molar-refractivity contribution in [1.82, 2.24) is 0 Å². The van der Waals surface area contributed by atoms with Crippen LogP contribution in [0, 0.1) is 5.41 Å². The molecule has 1 N–H and O–H groups in total. The molecule has 0 aromatic carbocycles. The second-order valence-electron chi connectivity index (χ2n) is 2.20. The summed E-state index contributed by atoms with van der Waals surface area (Å²) in [5, 5.41) is 7.45. The summed E-state index contributed by atoms with van der Waals surface area (Å²) in [4.78, 5) is 20.4. The second kappa shape index (κ2) is 2.35. The van der Waals surface area contributed by atoms with E-state index in [4.69, 9.17) is 16.7 Å². The number of carboxylic acid groups (broad SMARTS) is 1. The molecule has 52 valence electrons. The van der Waals surface area contributed by atoms with Crippen LogP contribution in [0.4, 0.5) is 0 Å². The van der Waals surface area contributed by atoms with Gasteiger partial charge in [0.25, 0.3) is 0 Å². The molecule has 0 saturated heterocycles. The fraction of sp³-hybridized carbons (Fsp3) is 0.600. The van der Waals surface area contributed by atoms with Crippen LogP contribution in [0.15, 0.2) is 0 Å². The Bertz CT molecular complexity index is 134. The fourth-order valence-electron chi connectivity index (χ4n) is 0.0841. The summed E-state index contributed by atoms with van der Waals surface area (Å²) in [7, 11) is 0. The van der Waals surface area contributed by atoms with E-state index >= 15 is 0 Å². The molecule has 0 bridgehead atoms. The molecular formula is C5H7ClO3. The summed E-state index contributed by atoms with van der Waals surface area (Å²) >= 11 is 4.94. The SMILES string of the molecule is CC(C)(C(=O)O)C(=O)Cl. The smallest absolute Gasteiger partial charge is 0.317 e. The van der Waals surface area contributed by atoms with Crippen molar-refractivity contribution in [2.45, 2.75) is 13.8 Å². The Morgan fingerprint density at radius 2 is 1.78 bits per heavy atom. The van der Waals surface area contributed by atoms with Crippen molar-refractivity contribution in [3.8, 4) is 0 Å². The van der Waals surface area contributed by atoms with Gasteiger partial charge in [-0.15, -0.1) is 0 Å². The molecule has 9 heavy (non-hydrogen) atoms. The van der Waals surface area contributed by atoms with Gasteiger partial charge in [0.15, 0.2) is 0 Å². The molecule has 0 aliphatic carbocycles. The van der Waals surface area contributed by atoms with Crippen molar-refractivity contribution in [3.05, 3.63) is 0 Å². The van der Waals surface area contributed by atoms with E-state index in [0.29, 0.717) is 0 Å².